The number of nitrogens with two attached hydrogens (primary N) is 1. The van der Waals surface area contributed by atoms with Gasteiger partial charge in [0, 0.05) is 0 Å². The lowest BCUT2D eigenvalue weighted by molar-refractivity contribution is 0.134. The van der Waals surface area contributed by atoms with Gasteiger partial charge in [0.05, 0.1) is 12.1 Å². The molecule has 0 aliphatic heterocycles. The van der Waals surface area contributed by atoms with Gasteiger partial charge in [-0.05, 0) is 24.1 Å². The average Bonchev–Trinajstić information content (AvgIpc) is 2.21. The van der Waals surface area contributed by atoms with E-state index in [0.29, 0.717) is 12.0 Å². The van der Waals surface area contributed by atoms with Gasteiger partial charge in [-0.15, -0.1) is 12.4 Å². The minimum absolute atomic E-state index is 0. The molecule has 0 bridgehead atoms. The maximum atomic E-state index is 9.66. The predicted octanol–water partition coefficient (Wildman–Crippen LogP) is 1.68. The molecule has 0 radical (unpaired) electrons. The Morgan fingerprint density at radius 1 is 1.25 bits per heavy atom. The van der Waals surface area contributed by atoms with Crippen LogP contribution < -0.4 is 5.73 Å². The van der Waals surface area contributed by atoms with E-state index < -0.39 is 12.1 Å². The molecule has 4 nitrogen and oxygen atoms in total. The van der Waals surface area contributed by atoms with Crippen LogP contribution in [0.15, 0.2) is 18.2 Å². The molecule has 0 saturated heterocycles. The topological polar surface area (TPSA) is 86.7 Å². The fourth-order valence-corrected chi connectivity index (χ4v) is 1.45. The number of hydrogen-bond acceptors (Lipinski definition) is 4. The molecule has 16 heavy (non-hydrogen) atoms. The van der Waals surface area contributed by atoms with Gasteiger partial charge in [0.25, 0.3) is 0 Å². The standard InChI is InChI=1S/C11H17NO3.ClH/c1-2-3-9(14)11(12)7-4-5-8(13)10(15)6-7;/h4-6,9,11,13-15H,2-3,12H2,1H3;1H/t9-,11+;/m0./s1. The van der Waals surface area contributed by atoms with Crippen molar-refractivity contribution in [2.75, 3.05) is 0 Å². The van der Waals surface area contributed by atoms with E-state index in [9.17, 15) is 10.2 Å². The first kappa shape index (κ1) is 15.0. The van der Waals surface area contributed by atoms with Crippen LogP contribution in [0.4, 0.5) is 0 Å². The largest absolute Gasteiger partial charge is 0.504 e. The molecule has 0 aliphatic rings. The van der Waals surface area contributed by atoms with Gasteiger partial charge >= 0.3 is 0 Å². The first-order valence-corrected chi connectivity index (χ1v) is 5.01. The second kappa shape index (κ2) is 6.58. The van der Waals surface area contributed by atoms with E-state index in [4.69, 9.17) is 10.8 Å². The van der Waals surface area contributed by atoms with Crippen molar-refractivity contribution in [2.45, 2.75) is 31.9 Å². The van der Waals surface area contributed by atoms with Crippen molar-refractivity contribution in [2.24, 2.45) is 5.73 Å². The van der Waals surface area contributed by atoms with Crippen LogP contribution in [0.2, 0.25) is 0 Å². The summed E-state index contributed by atoms with van der Waals surface area (Å²) in [6.45, 7) is 1.96. The molecule has 5 N–H and O–H groups in total. The first-order valence-electron chi connectivity index (χ1n) is 5.01. The third-order valence-corrected chi connectivity index (χ3v) is 2.38. The monoisotopic (exact) mass is 247 g/mol. The van der Waals surface area contributed by atoms with Gasteiger partial charge < -0.3 is 21.1 Å². The molecule has 92 valence electrons. The highest BCUT2D eigenvalue weighted by Gasteiger charge is 2.16. The molecule has 0 spiro atoms. The molecule has 0 amide bonds. The van der Waals surface area contributed by atoms with Gasteiger partial charge in [0.2, 0.25) is 0 Å². The van der Waals surface area contributed by atoms with Crippen molar-refractivity contribution >= 4 is 12.4 Å². The Morgan fingerprint density at radius 2 is 1.88 bits per heavy atom. The molecule has 0 fully saturated rings. The number of rotatable bonds is 4. The summed E-state index contributed by atoms with van der Waals surface area (Å²) in [5.74, 6) is -0.400. The third kappa shape index (κ3) is 3.56. The SMILES string of the molecule is CCC[C@H](O)[C@H](N)c1ccc(O)c(O)c1.Cl. The molecule has 0 aromatic heterocycles. The molecular formula is C11H18ClNO3. The fourth-order valence-electron chi connectivity index (χ4n) is 1.45. The Morgan fingerprint density at radius 3 is 2.38 bits per heavy atom. The van der Waals surface area contributed by atoms with E-state index in [1.54, 1.807) is 6.07 Å². The van der Waals surface area contributed by atoms with Crippen LogP contribution in [0.3, 0.4) is 0 Å². The minimum Gasteiger partial charge on any atom is -0.504 e. The number of halogens is 1. The number of phenolic OH excluding ortho intramolecular Hbond substituents is 2. The Hall–Kier alpha value is -0.970. The Bertz CT molecular complexity index is 333. The molecule has 1 rings (SSSR count). The van der Waals surface area contributed by atoms with Gasteiger partial charge in [0.15, 0.2) is 11.5 Å². The van der Waals surface area contributed by atoms with E-state index in [2.05, 4.69) is 0 Å². The van der Waals surface area contributed by atoms with Crippen molar-refractivity contribution < 1.29 is 15.3 Å². The summed E-state index contributed by atoms with van der Waals surface area (Å²) in [6, 6.07) is 3.80. The first-order chi connectivity index (χ1) is 7.06. The molecule has 1 aromatic rings. The predicted molar refractivity (Wildman–Crippen MR) is 64.9 cm³/mol. The van der Waals surface area contributed by atoms with E-state index >= 15 is 0 Å². The van der Waals surface area contributed by atoms with Gasteiger partial charge in [-0.3, -0.25) is 0 Å². The average molecular weight is 248 g/mol. The van der Waals surface area contributed by atoms with Crippen LogP contribution in [0.1, 0.15) is 31.4 Å². The summed E-state index contributed by atoms with van der Waals surface area (Å²) in [6.07, 6.45) is 0.834. The smallest absolute Gasteiger partial charge is 0.157 e. The number of aromatic hydroxyl groups is 2. The summed E-state index contributed by atoms with van der Waals surface area (Å²) in [7, 11) is 0. The van der Waals surface area contributed by atoms with Crippen LogP contribution >= 0.6 is 12.4 Å². The molecule has 5 heteroatoms. The van der Waals surface area contributed by atoms with Crippen LogP contribution in [0.25, 0.3) is 0 Å². The second-order valence-corrected chi connectivity index (χ2v) is 3.63. The minimum atomic E-state index is -0.626. The van der Waals surface area contributed by atoms with Gasteiger partial charge in [-0.25, -0.2) is 0 Å². The molecule has 2 atom stereocenters. The second-order valence-electron chi connectivity index (χ2n) is 3.63. The molecular weight excluding hydrogens is 230 g/mol. The summed E-state index contributed by atoms with van der Waals surface area (Å²) in [4.78, 5) is 0. The molecule has 0 heterocycles. The Balaban J connectivity index is 0.00000225. The number of aliphatic hydroxyl groups is 1. The molecule has 0 aliphatic carbocycles. The van der Waals surface area contributed by atoms with Crippen LogP contribution in [0, 0.1) is 0 Å². The van der Waals surface area contributed by atoms with Gasteiger partial charge in [-0.2, -0.15) is 0 Å². The van der Waals surface area contributed by atoms with E-state index in [0.717, 1.165) is 6.42 Å². The molecule has 0 saturated carbocycles. The Labute approximate surface area is 101 Å². The number of aliphatic hydroxyl groups excluding tert-OH is 1. The van der Waals surface area contributed by atoms with Crippen molar-refractivity contribution in [1.29, 1.82) is 0 Å². The summed E-state index contributed by atoms with van der Waals surface area (Å²) in [5.41, 5.74) is 6.42. The summed E-state index contributed by atoms with van der Waals surface area (Å²) < 4.78 is 0. The number of benzene rings is 1. The fraction of sp³-hybridized carbons (Fsp3) is 0.455. The highest BCUT2D eigenvalue weighted by molar-refractivity contribution is 5.85. The van der Waals surface area contributed by atoms with Crippen molar-refractivity contribution in [1.82, 2.24) is 0 Å². The lowest BCUT2D eigenvalue weighted by Gasteiger charge is -2.18. The molecule has 1 aromatic carbocycles. The zero-order valence-corrected chi connectivity index (χ0v) is 9.94. The normalized spacial score (nSPS) is 13.9. The third-order valence-electron chi connectivity index (χ3n) is 2.38. The summed E-state index contributed by atoms with van der Waals surface area (Å²) >= 11 is 0. The van der Waals surface area contributed by atoms with Gasteiger partial charge in [0.1, 0.15) is 0 Å². The van der Waals surface area contributed by atoms with E-state index in [1.165, 1.54) is 12.1 Å². The van der Waals surface area contributed by atoms with Crippen molar-refractivity contribution in [3.8, 4) is 11.5 Å². The highest BCUT2D eigenvalue weighted by Crippen LogP contribution is 2.28. The van der Waals surface area contributed by atoms with E-state index in [-0.39, 0.29) is 23.9 Å². The highest BCUT2D eigenvalue weighted by atomic mass is 35.5. The Kier molecular flexibility index (Phi) is 6.18. The van der Waals surface area contributed by atoms with Crippen molar-refractivity contribution in [3.05, 3.63) is 23.8 Å². The van der Waals surface area contributed by atoms with Gasteiger partial charge in [-0.1, -0.05) is 19.4 Å². The van der Waals surface area contributed by atoms with Crippen LogP contribution in [-0.4, -0.2) is 21.4 Å². The lowest BCUT2D eigenvalue weighted by Crippen LogP contribution is -2.25. The lowest BCUT2D eigenvalue weighted by atomic mass is 9.99. The maximum absolute atomic E-state index is 9.66. The zero-order chi connectivity index (χ0) is 11.4. The number of phenols is 2. The number of hydrogen-bond donors (Lipinski definition) is 4. The molecule has 0 unspecified atom stereocenters. The zero-order valence-electron chi connectivity index (χ0n) is 9.13. The van der Waals surface area contributed by atoms with Crippen LogP contribution in [0.5, 0.6) is 11.5 Å². The quantitative estimate of drug-likeness (QED) is 0.610. The summed E-state index contributed by atoms with van der Waals surface area (Å²) in [5, 5.41) is 28.0. The van der Waals surface area contributed by atoms with Crippen molar-refractivity contribution in [3.63, 3.8) is 0 Å². The van der Waals surface area contributed by atoms with Crippen LogP contribution in [-0.2, 0) is 0 Å². The van der Waals surface area contributed by atoms with E-state index in [1.807, 2.05) is 6.92 Å². The maximum Gasteiger partial charge on any atom is 0.157 e.